The first kappa shape index (κ1) is 16.8. The predicted octanol–water partition coefficient (Wildman–Crippen LogP) is 2.18. The van der Waals surface area contributed by atoms with Gasteiger partial charge in [0.2, 0.25) is 10.0 Å². The van der Waals surface area contributed by atoms with Crippen LogP contribution in [0.4, 0.5) is 0 Å². The van der Waals surface area contributed by atoms with Gasteiger partial charge in [-0.15, -0.1) is 0 Å². The monoisotopic (exact) mass is 375 g/mol. The van der Waals surface area contributed by atoms with E-state index in [1.54, 1.807) is 16.4 Å². The summed E-state index contributed by atoms with van der Waals surface area (Å²) < 4.78 is 27.5. The lowest BCUT2D eigenvalue weighted by molar-refractivity contribution is 0.264. The molecule has 5 nitrogen and oxygen atoms in total. The van der Waals surface area contributed by atoms with E-state index in [1.807, 2.05) is 30.3 Å². The van der Waals surface area contributed by atoms with E-state index >= 15 is 0 Å². The van der Waals surface area contributed by atoms with Crippen molar-refractivity contribution in [2.75, 3.05) is 26.2 Å². The summed E-state index contributed by atoms with van der Waals surface area (Å²) in [4.78, 5) is 2.43. The molecular formula is C18H21N3O2S2. The molecule has 1 saturated carbocycles. The van der Waals surface area contributed by atoms with Crippen molar-refractivity contribution in [1.29, 1.82) is 0 Å². The average molecular weight is 376 g/mol. The Hall–Kier alpha value is -1.70. The minimum absolute atomic E-state index is 0.360. The first-order valence-corrected chi connectivity index (χ1v) is 10.4. The maximum atomic E-state index is 13.0. The van der Waals surface area contributed by atoms with Crippen molar-refractivity contribution in [1.82, 2.24) is 14.5 Å². The number of hydrogen-bond acceptors (Lipinski definition) is 3. The van der Waals surface area contributed by atoms with Crippen LogP contribution in [0.25, 0.3) is 10.8 Å². The molecule has 1 saturated heterocycles. The molecule has 1 heterocycles. The minimum Gasteiger partial charge on any atom is -0.360 e. The molecule has 1 aliphatic carbocycles. The number of piperazine rings is 1. The summed E-state index contributed by atoms with van der Waals surface area (Å²) in [6.07, 6.45) is 2.35. The van der Waals surface area contributed by atoms with Crippen LogP contribution >= 0.6 is 12.2 Å². The van der Waals surface area contributed by atoms with Gasteiger partial charge in [-0.3, -0.25) is 0 Å². The highest BCUT2D eigenvalue weighted by atomic mass is 32.2. The van der Waals surface area contributed by atoms with Gasteiger partial charge in [0.15, 0.2) is 5.11 Å². The van der Waals surface area contributed by atoms with E-state index in [9.17, 15) is 8.42 Å². The van der Waals surface area contributed by atoms with Gasteiger partial charge >= 0.3 is 0 Å². The molecule has 0 radical (unpaired) electrons. The standard InChI is InChI=1S/C18H21N3O2S2/c22-25(23,17-8-5-14-3-1-2-4-15(14)13-17)21-11-9-20(10-12-21)18(24)19-16-6-7-16/h1-5,8,13,16H,6-7,9-12H2,(H,19,24). The zero-order valence-corrected chi connectivity index (χ0v) is 15.5. The summed E-state index contributed by atoms with van der Waals surface area (Å²) in [5, 5.41) is 6.06. The number of nitrogens with one attached hydrogen (secondary N) is 1. The van der Waals surface area contributed by atoms with Crippen molar-refractivity contribution in [3.63, 3.8) is 0 Å². The molecule has 132 valence electrons. The molecule has 0 amide bonds. The van der Waals surface area contributed by atoms with Crippen LogP contribution in [0.5, 0.6) is 0 Å². The molecule has 0 atom stereocenters. The fourth-order valence-corrected chi connectivity index (χ4v) is 4.91. The first-order chi connectivity index (χ1) is 12.0. The summed E-state index contributed by atoms with van der Waals surface area (Å²) >= 11 is 5.42. The Bertz CT molecular complexity index is 901. The van der Waals surface area contributed by atoms with Crippen LogP contribution < -0.4 is 5.32 Å². The molecule has 0 bridgehead atoms. The fraction of sp³-hybridized carbons (Fsp3) is 0.389. The van der Waals surface area contributed by atoms with Crippen molar-refractivity contribution >= 4 is 38.1 Å². The van der Waals surface area contributed by atoms with Gasteiger partial charge in [0.05, 0.1) is 4.90 Å². The molecular weight excluding hydrogens is 354 g/mol. The van der Waals surface area contributed by atoms with Gasteiger partial charge in [0, 0.05) is 32.2 Å². The second kappa shape index (κ2) is 6.55. The number of rotatable bonds is 3. The van der Waals surface area contributed by atoms with Crippen molar-refractivity contribution in [2.24, 2.45) is 0 Å². The van der Waals surface area contributed by atoms with Crippen molar-refractivity contribution in [2.45, 2.75) is 23.8 Å². The van der Waals surface area contributed by atoms with E-state index in [0.29, 0.717) is 37.1 Å². The van der Waals surface area contributed by atoms with Crippen LogP contribution in [0.1, 0.15) is 12.8 Å². The Morgan fingerprint density at radius 1 is 1.00 bits per heavy atom. The Morgan fingerprint density at radius 2 is 1.68 bits per heavy atom. The van der Waals surface area contributed by atoms with Crippen LogP contribution in [0.3, 0.4) is 0 Å². The van der Waals surface area contributed by atoms with Gasteiger partial charge in [-0.05, 0) is 48.0 Å². The normalized spacial score (nSPS) is 19.1. The maximum absolute atomic E-state index is 13.0. The molecule has 0 aromatic heterocycles. The molecule has 2 aromatic carbocycles. The topological polar surface area (TPSA) is 52.7 Å². The minimum atomic E-state index is -3.47. The summed E-state index contributed by atoms with van der Waals surface area (Å²) in [5.74, 6) is 0. The maximum Gasteiger partial charge on any atom is 0.243 e. The van der Waals surface area contributed by atoms with Gasteiger partial charge in [-0.1, -0.05) is 30.3 Å². The number of hydrogen-bond donors (Lipinski definition) is 1. The molecule has 7 heteroatoms. The quantitative estimate of drug-likeness (QED) is 0.834. The molecule has 0 spiro atoms. The molecule has 2 fully saturated rings. The van der Waals surface area contributed by atoms with E-state index in [0.717, 1.165) is 15.9 Å². The molecule has 4 rings (SSSR count). The second-order valence-electron chi connectivity index (χ2n) is 6.62. The molecule has 25 heavy (non-hydrogen) atoms. The molecule has 1 N–H and O–H groups in total. The lowest BCUT2D eigenvalue weighted by atomic mass is 10.1. The molecule has 2 aliphatic rings. The van der Waals surface area contributed by atoms with E-state index in [1.165, 1.54) is 12.8 Å². The van der Waals surface area contributed by atoms with Crippen LogP contribution in [-0.4, -0.2) is 55.0 Å². The summed E-state index contributed by atoms with van der Waals surface area (Å²) in [7, 11) is -3.47. The zero-order chi connectivity index (χ0) is 17.4. The van der Waals surface area contributed by atoms with Gasteiger partial charge in [-0.25, -0.2) is 8.42 Å². The highest BCUT2D eigenvalue weighted by Gasteiger charge is 2.30. The SMILES string of the molecule is O=S(=O)(c1ccc2ccccc2c1)N1CCN(C(=S)NC2CC2)CC1. The van der Waals surface area contributed by atoms with Crippen molar-refractivity contribution in [3.05, 3.63) is 42.5 Å². The van der Waals surface area contributed by atoms with Gasteiger partial charge in [0.25, 0.3) is 0 Å². The third-order valence-corrected chi connectivity index (χ3v) is 7.06. The number of thiocarbonyl (C=S) groups is 1. The summed E-state index contributed by atoms with van der Waals surface area (Å²) in [5.41, 5.74) is 0. The van der Waals surface area contributed by atoms with Crippen LogP contribution in [0.2, 0.25) is 0 Å². The highest BCUT2D eigenvalue weighted by Crippen LogP contribution is 2.23. The smallest absolute Gasteiger partial charge is 0.243 e. The first-order valence-electron chi connectivity index (χ1n) is 8.58. The van der Waals surface area contributed by atoms with Crippen molar-refractivity contribution in [3.8, 4) is 0 Å². The summed E-state index contributed by atoms with van der Waals surface area (Å²) in [6.45, 7) is 2.18. The van der Waals surface area contributed by atoms with E-state index in [4.69, 9.17) is 12.2 Å². The van der Waals surface area contributed by atoms with Gasteiger partial charge in [-0.2, -0.15) is 4.31 Å². The Balaban J connectivity index is 1.47. The van der Waals surface area contributed by atoms with Crippen molar-refractivity contribution < 1.29 is 8.42 Å². The number of nitrogens with zero attached hydrogens (tertiary/aromatic N) is 2. The lowest BCUT2D eigenvalue weighted by Crippen LogP contribution is -2.53. The lowest BCUT2D eigenvalue weighted by Gasteiger charge is -2.35. The van der Waals surface area contributed by atoms with E-state index < -0.39 is 10.0 Å². The van der Waals surface area contributed by atoms with Crippen LogP contribution in [-0.2, 0) is 10.0 Å². The molecule has 0 unspecified atom stereocenters. The Kier molecular flexibility index (Phi) is 4.39. The largest absolute Gasteiger partial charge is 0.360 e. The average Bonchev–Trinajstić information content (AvgIpc) is 3.45. The Labute approximate surface area is 153 Å². The van der Waals surface area contributed by atoms with Crippen LogP contribution in [0, 0.1) is 0 Å². The van der Waals surface area contributed by atoms with E-state index in [-0.39, 0.29) is 0 Å². The Morgan fingerprint density at radius 3 is 2.36 bits per heavy atom. The predicted molar refractivity (Wildman–Crippen MR) is 103 cm³/mol. The fourth-order valence-electron chi connectivity index (χ4n) is 3.10. The highest BCUT2D eigenvalue weighted by molar-refractivity contribution is 7.89. The third kappa shape index (κ3) is 3.49. The number of sulfonamides is 1. The van der Waals surface area contributed by atoms with Gasteiger partial charge < -0.3 is 10.2 Å². The third-order valence-electron chi connectivity index (χ3n) is 4.79. The molecule has 1 aliphatic heterocycles. The van der Waals surface area contributed by atoms with Gasteiger partial charge in [0.1, 0.15) is 0 Å². The second-order valence-corrected chi connectivity index (χ2v) is 8.95. The summed E-state index contributed by atoms with van der Waals surface area (Å²) in [6, 6.07) is 13.6. The van der Waals surface area contributed by atoms with Crippen LogP contribution in [0.15, 0.2) is 47.4 Å². The number of benzene rings is 2. The molecule has 2 aromatic rings. The van der Waals surface area contributed by atoms with E-state index in [2.05, 4.69) is 10.2 Å². The zero-order valence-electron chi connectivity index (χ0n) is 13.9. The number of fused-ring (bicyclic) bond motifs is 1.